The number of esters is 4. The molecule has 0 amide bonds. The lowest BCUT2D eigenvalue weighted by Gasteiger charge is -2.21. The van der Waals surface area contributed by atoms with Crippen LogP contribution in [-0.4, -0.2) is 96.7 Å². The summed E-state index contributed by atoms with van der Waals surface area (Å²) in [4.78, 5) is 72.5. The summed E-state index contributed by atoms with van der Waals surface area (Å²) in [5, 5.41) is 10.6. The van der Waals surface area contributed by atoms with E-state index < -0.39 is 97.5 Å². The van der Waals surface area contributed by atoms with E-state index in [9.17, 15) is 43.2 Å². The van der Waals surface area contributed by atoms with E-state index in [-0.39, 0.29) is 25.7 Å². The van der Waals surface area contributed by atoms with Crippen molar-refractivity contribution in [3.63, 3.8) is 0 Å². The Morgan fingerprint density at radius 1 is 0.255 bits per heavy atom. The number of rotatable bonds is 76. The number of phosphoric acid groups is 2. The molecule has 0 saturated carbocycles. The minimum Gasteiger partial charge on any atom is -0.462 e. The van der Waals surface area contributed by atoms with E-state index in [0.29, 0.717) is 25.7 Å². The summed E-state index contributed by atoms with van der Waals surface area (Å²) < 4.78 is 68.3. The summed E-state index contributed by atoms with van der Waals surface area (Å²) >= 11 is 0. The molecule has 5 atom stereocenters. The first-order valence-electron chi connectivity index (χ1n) is 39.3. The summed E-state index contributed by atoms with van der Waals surface area (Å²) in [6.07, 6.45) is 60.1. The molecule has 0 fully saturated rings. The van der Waals surface area contributed by atoms with Crippen molar-refractivity contribution in [1.82, 2.24) is 0 Å². The molecule has 0 radical (unpaired) electrons. The molecule has 0 saturated heterocycles. The van der Waals surface area contributed by atoms with Crippen molar-refractivity contribution in [3.8, 4) is 0 Å². The Balaban J connectivity index is 5.11. The van der Waals surface area contributed by atoms with Crippen LogP contribution in [0.15, 0.2) is 0 Å². The topological polar surface area (TPSA) is 237 Å². The van der Waals surface area contributed by atoms with Gasteiger partial charge in [-0.2, -0.15) is 0 Å². The fourth-order valence-electron chi connectivity index (χ4n) is 11.6. The summed E-state index contributed by atoms with van der Waals surface area (Å²) in [5.74, 6) is -2.12. The Bertz CT molecular complexity index is 1790. The molecular formula is C75H146O17P2. The van der Waals surface area contributed by atoms with Crippen molar-refractivity contribution in [3.05, 3.63) is 0 Å². The van der Waals surface area contributed by atoms with Gasteiger partial charge in [-0.1, -0.05) is 349 Å². The molecule has 558 valence electrons. The van der Waals surface area contributed by atoms with Gasteiger partial charge in [0.1, 0.15) is 19.3 Å². The van der Waals surface area contributed by atoms with E-state index in [2.05, 4.69) is 27.7 Å². The first kappa shape index (κ1) is 92.1. The molecule has 0 aromatic heterocycles. The molecule has 0 aromatic rings. The second kappa shape index (κ2) is 69.5. The number of aliphatic hydroxyl groups excluding tert-OH is 1. The minimum absolute atomic E-state index is 0.107. The van der Waals surface area contributed by atoms with E-state index in [1.54, 1.807) is 0 Å². The van der Waals surface area contributed by atoms with Crippen LogP contribution in [0.2, 0.25) is 0 Å². The summed E-state index contributed by atoms with van der Waals surface area (Å²) in [7, 11) is -9.90. The van der Waals surface area contributed by atoms with Crippen LogP contribution in [0, 0.1) is 0 Å². The SMILES string of the molecule is CCCCCCCCCCCCCCCCCCCCCCCC(=O)O[C@H](COC(=O)CCCCCCCCCCCCCCCC)COP(=O)(O)OC[C@@H](O)COP(=O)(O)OC[C@@H](COC(=O)CCCCCCC)OC(=O)CCCCCCCCCCCCCCCC. The van der Waals surface area contributed by atoms with Crippen molar-refractivity contribution in [2.75, 3.05) is 39.6 Å². The van der Waals surface area contributed by atoms with Crippen molar-refractivity contribution in [1.29, 1.82) is 0 Å². The molecule has 19 heteroatoms. The van der Waals surface area contributed by atoms with E-state index in [4.69, 9.17) is 37.0 Å². The molecule has 0 rings (SSSR count). The van der Waals surface area contributed by atoms with Gasteiger partial charge in [0.2, 0.25) is 0 Å². The van der Waals surface area contributed by atoms with Gasteiger partial charge in [-0.05, 0) is 25.7 Å². The van der Waals surface area contributed by atoms with Crippen molar-refractivity contribution in [2.24, 2.45) is 0 Å². The summed E-state index contributed by atoms with van der Waals surface area (Å²) in [6.45, 7) is 4.90. The molecule has 17 nitrogen and oxygen atoms in total. The van der Waals surface area contributed by atoms with Gasteiger partial charge in [0, 0.05) is 25.7 Å². The highest BCUT2D eigenvalue weighted by Crippen LogP contribution is 2.45. The van der Waals surface area contributed by atoms with Crippen LogP contribution in [0.3, 0.4) is 0 Å². The fraction of sp³-hybridized carbons (Fsp3) is 0.947. The Kier molecular flexibility index (Phi) is 68.1. The van der Waals surface area contributed by atoms with Crippen LogP contribution < -0.4 is 0 Å². The van der Waals surface area contributed by atoms with E-state index in [1.807, 2.05) is 0 Å². The van der Waals surface area contributed by atoms with Crippen LogP contribution in [0.4, 0.5) is 0 Å². The molecule has 94 heavy (non-hydrogen) atoms. The van der Waals surface area contributed by atoms with Gasteiger partial charge in [0.05, 0.1) is 26.4 Å². The van der Waals surface area contributed by atoms with Crippen LogP contribution in [0.1, 0.15) is 400 Å². The third kappa shape index (κ3) is 68.6. The number of phosphoric ester groups is 2. The number of carbonyl (C=O) groups is 4. The maximum Gasteiger partial charge on any atom is 0.472 e. The van der Waals surface area contributed by atoms with Gasteiger partial charge >= 0.3 is 39.5 Å². The van der Waals surface area contributed by atoms with Gasteiger partial charge in [0.25, 0.3) is 0 Å². The zero-order valence-corrected chi connectivity index (χ0v) is 62.7. The smallest absolute Gasteiger partial charge is 0.462 e. The number of unbranched alkanes of at least 4 members (excludes halogenated alkanes) is 50. The van der Waals surface area contributed by atoms with E-state index >= 15 is 0 Å². The minimum atomic E-state index is -4.95. The Morgan fingerprint density at radius 2 is 0.426 bits per heavy atom. The van der Waals surface area contributed by atoms with Gasteiger partial charge in [0.15, 0.2) is 12.2 Å². The molecular weight excluding hydrogens is 1230 g/mol. The van der Waals surface area contributed by atoms with Crippen LogP contribution in [0.25, 0.3) is 0 Å². The summed E-state index contributed by atoms with van der Waals surface area (Å²) in [6, 6.07) is 0. The maximum absolute atomic E-state index is 13.1. The molecule has 0 heterocycles. The van der Waals surface area contributed by atoms with Crippen LogP contribution in [0.5, 0.6) is 0 Å². The average Bonchev–Trinajstić information content (AvgIpc) is 2.71. The first-order chi connectivity index (χ1) is 45.7. The monoisotopic (exact) mass is 1380 g/mol. The third-order valence-corrected chi connectivity index (χ3v) is 19.5. The Hall–Kier alpha value is -1.94. The number of hydrogen-bond acceptors (Lipinski definition) is 15. The lowest BCUT2D eigenvalue weighted by Crippen LogP contribution is -2.30. The molecule has 0 aromatic carbocycles. The predicted octanol–water partition coefficient (Wildman–Crippen LogP) is 22.2. The highest BCUT2D eigenvalue weighted by atomic mass is 31.2. The maximum atomic E-state index is 13.1. The lowest BCUT2D eigenvalue weighted by atomic mass is 10.0. The standard InChI is InChI=1S/C75H146O17P2/c1-5-9-13-17-20-23-26-29-32-33-34-35-36-37-38-41-44-47-50-54-58-62-75(80)92-71(66-86-73(78)60-56-52-48-45-42-39-30-27-24-21-18-14-10-6-2)68-90-94(83,84)88-64-69(76)63-87-93(81,82)89-67-70(65-85-72(77)59-55-51-16-12-8-4)91-74(79)61-57-53-49-46-43-40-31-28-25-22-19-15-11-7-3/h69-71,76H,5-68H2,1-4H3,(H,81,82)(H,83,84)/t69-,70+,71+/m0/s1. The molecule has 2 unspecified atom stereocenters. The largest absolute Gasteiger partial charge is 0.472 e. The van der Waals surface area contributed by atoms with Gasteiger partial charge in [-0.25, -0.2) is 9.13 Å². The van der Waals surface area contributed by atoms with Crippen LogP contribution >= 0.6 is 15.6 Å². The molecule has 0 bridgehead atoms. The average molecular weight is 1380 g/mol. The van der Waals surface area contributed by atoms with E-state index in [0.717, 1.165) is 96.3 Å². The number of carbonyl (C=O) groups excluding carboxylic acids is 4. The number of ether oxygens (including phenoxy) is 4. The Morgan fingerprint density at radius 3 is 0.628 bits per heavy atom. The number of hydrogen-bond donors (Lipinski definition) is 3. The van der Waals surface area contributed by atoms with Crippen LogP contribution in [-0.2, 0) is 65.4 Å². The first-order valence-corrected chi connectivity index (χ1v) is 42.3. The van der Waals surface area contributed by atoms with Crippen molar-refractivity contribution < 1.29 is 80.2 Å². The van der Waals surface area contributed by atoms with Crippen molar-refractivity contribution >= 4 is 39.5 Å². The zero-order chi connectivity index (χ0) is 69.0. The third-order valence-electron chi connectivity index (χ3n) is 17.6. The fourth-order valence-corrected chi connectivity index (χ4v) is 13.2. The van der Waals surface area contributed by atoms with Gasteiger partial charge < -0.3 is 33.8 Å². The highest BCUT2D eigenvalue weighted by Gasteiger charge is 2.30. The molecule has 0 aliphatic heterocycles. The highest BCUT2D eigenvalue weighted by molar-refractivity contribution is 7.47. The second-order valence-corrected chi connectivity index (χ2v) is 29.9. The predicted molar refractivity (Wildman–Crippen MR) is 382 cm³/mol. The second-order valence-electron chi connectivity index (χ2n) is 27.0. The van der Waals surface area contributed by atoms with Crippen molar-refractivity contribution in [2.45, 2.75) is 418 Å². The quantitative estimate of drug-likeness (QED) is 0.0222. The molecule has 0 spiro atoms. The molecule has 3 N–H and O–H groups in total. The molecule has 0 aliphatic carbocycles. The van der Waals surface area contributed by atoms with E-state index in [1.165, 1.54) is 225 Å². The molecule has 0 aliphatic rings. The van der Waals surface area contributed by atoms with Gasteiger partial charge in [-0.3, -0.25) is 37.3 Å². The normalized spacial score (nSPS) is 13.9. The lowest BCUT2D eigenvalue weighted by molar-refractivity contribution is -0.161. The summed E-state index contributed by atoms with van der Waals surface area (Å²) in [5.41, 5.74) is 0. The Labute approximate surface area is 575 Å². The van der Waals surface area contributed by atoms with Gasteiger partial charge in [-0.15, -0.1) is 0 Å². The number of aliphatic hydroxyl groups is 1. The zero-order valence-electron chi connectivity index (χ0n) is 60.9.